The van der Waals surface area contributed by atoms with Gasteiger partial charge in [-0.1, -0.05) is 42.1 Å². The lowest BCUT2D eigenvalue weighted by molar-refractivity contribution is -0.384. The maximum absolute atomic E-state index is 11.0. The quantitative estimate of drug-likeness (QED) is 0.449. The molecule has 0 bridgehead atoms. The van der Waals surface area contributed by atoms with Gasteiger partial charge in [0.1, 0.15) is 5.69 Å². The van der Waals surface area contributed by atoms with Crippen LogP contribution in [-0.4, -0.2) is 11.0 Å². The molecule has 0 aliphatic heterocycles. The van der Waals surface area contributed by atoms with E-state index < -0.39 is 0 Å². The molecule has 0 spiro atoms. The van der Waals surface area contributed by atoms with Crippen molar-refractivity contribution in [2.75, 3.05) is 5.32 Å². The summed E-state index contributed by atoms with van der Waals surface area (Å²) in [5.41, 5.74) is 0.707. The number of benzene rings is 1. The lowest BCUT2D eigenvalue weighted by atomic mass is 10.1. The average molecular weight is 315 g/mol. The fourth-order valence-electron chi connectivity index (χ4n) is 1.82. The minimum atomic E-state index is -0.355. The fourth-order valence-corrected chi connectivity index (χ4v) is 2.17. The van der Waals surface area contributed by atoms with Gasteiger partial charge in [0, 0.05) is 16.6 Å². The van der Waals surface area contributed by atoms with Crippen LogP contribution in [0.25, 0.3) is 0 Å². The van der Waals surface area contributed by atoms with Crippen molar-refractivity contribution in [3.8, 4) is 0 Å². The summed E-state index contributed by atoms with van der Waals surface area (Å²) in [5, 5.41) is 14.2. The third-order valence-electron chi connectivity index (χ3n) is 2.80. The molecule has 100 valence electrons. The highest BCUT2D eigenvalue weighted by Crippen LogP contribution is 2.28. The van der Waals surface area contributed by atoms with Gasteiger partial charge >= 0.3 is 0 Å². The number of anilines is 1. The second kappa shape index (κ2) is 7.36. The molecular formula is C13H19BrN2O2. The SMILES string of the molecule is CCCCCC(C)Nc1ccc(Br)cc1[N+](=O)[O-]. The summed E-state index contributed by atoms with van der Waals surface area (Å²) in [6.07, 6.45) is 4.57. The monoisotopic (exact) mass is 314 g/mol. The van der Waals surface area contributed by atoms with Crippen LogP contribution in [0.4, 0.5) is 11.4 Å². The van der Waals surface area contributed by atoms with Crippen LogP contribution in [0.15, 0.2) is 22.7 Å². The van der Waals surface area contributed by atoms with E-state index in [2.05, 4.69) is 35.1 Å². The molecule has 1 N–H and O–H groups in total. The van der Waals surface area contributed by atoms with Crippen molar-refractivity contribution in [1.82, 2.24) is 0 Å². The second-order valence-corrected chi connectivity index (χ2v) is 5.38. The Balaban J connectivity index is 2.68. The van der Waals surface area contributed by atoms with Crippen LogP contribution in [0.2, 0.25) is 0 Å². The van der Waals surface area contributed by atoms with Gasteiger partial charge in [0.25, 0.3) is 5.69 Å². The van der Waals surface area contributed by atoms with Gasteiger partial charge in [-0.3, -0.25) is 10.1 Å². The number of nitrogens with one attached hydrogen (secondary N) is 1. The van der Waals surface area contributed by atoms with E-state index in [0.717, 1.165) is 17.3 Å². The highest BCUT2D eigenvalue weighted by Gasteiger charge is 2.15. The third-order valence-corrected chi connectivity index (χ3v) is 3.29. The van der Waals surface area contributed by atoms with Gasteiger partial charge in [-0.2, -0.15) is 0 Å². The van der Waals surface area contributed by atoms with Gasteiger partial charge in [-0.15, -0.1) is 0 Å². The molecule has 0 aliphatic rings. The molecule has 5 heteroatoms. The summed E-state index contributed by atoms with van der Waals surface area (Å²) < 4.78 is 0.721. The van der Waals surface area contributed by atoms with Crippen LogP contribution in [0.1, 0.15) is 39.5 Å². The Labute approximate surface area is 116 Å². The Hall–Kier alpha value is -1.10. The highest BCUT2D eigenvalue weighted by molar-refractivity contribution is 9.10. The number of hydrogen-bond acceptors (Lipinski definition) is 3. The van der Waals surface area contributed by atoms with Crippen molar-refractivity contribution >= 4 is 27.3 Å². The van der Waals surface area contributed by atoms with Crippen molar-refractivity contribution < 1.29 is 4.92 Å². The van der Waals surface area contributed by atoms with Crippen LogP contribution >= 0.6 is 15.9 Å². The van der Waals surface area contributed by atoms with E-state index in [1.807, 2.05) is 6.07 Å². The number of unbranched alkanes of at least 4 members (excludes halogenated alkanes) is 2. The first kappa shape index (κ1) is 15.0. The van der Waals surface area contributed by atoms with Crippen LogP contribution in [0.5, 0.6) is 0 Å². The van der Waals surface area contributed by atoms with Gasteiger partial charge in [-0.05, 0) is 25.5 Å². The molecule has 0 fully saturated rings. The molecule has 0 aromatic heterocycles. The van der Waals surface area contributed by atoms with Crippen LogP contribution in [-0.2, 0) is 0 Å². The molecule has 1 unspecified atom stereocenters. The summed E-state index contributed by atoms with van der Waals surface area (Å²) in [6.45, 7) is 4.22. The molecule has 1 aromatic rings. The number of nitro groups is 1. The zero-order valence-electron chi connectivity index (χ0n) is 10.8. The highest BCUT2D eigenvalue weighted by atomic mass is 79.9. The van der Waals surface area contributed by atoms with E-state index in [-0.39, 0.29) is 16.7 Å². The number of nitrogens with zero attached hydrogens (tertiary/aromatic N) is 1. The van der Waals surface area contributed by atoms with Crippen LogP contribution in [0, 0.1) is 10.1 Å². The normalized spacial score (nSPS) is 12.2. The molecule has 4 nitrogen and oxygen atoms in total. The summed E-state index contributed by atoms with van der Waals surface area (Å²) in [5.74, 6) is 0. The minimum absolute atomic E-state index is 0.117. The fraction of sp³-hybridized carbons (Fsp3) is 0.538. The summed E-state index contributed by atoms with van der Waals surface area (Å²) in [6, 6.07) is 5.34. The van der Waals surface area contributed by atoms with Crippen molar-refractivity contribution in [2.45, 2.75) is 45.6 Å². The van der Waals surface area contributed by atoms with Gasteiger partial charge in [0.2, 0.25) is 0 Å². The zero-order chi connectivity index (χ0) is 13.5. The van der Waals surface area contributed by atoms with Crippen molar-refractivity contribution in [3.05, 3.63) is 32.8 Å². The van der Waals surface area contributed by atoms with Crippen molar-refractivity contribution in [2.24, 2.45) is 0 Å². The predicted octanol–water partition coefficient (Wildman–Crippen LogP) is 4.74. The molecule has 0 saturated heterocycles. The average Bonchev–Trinajstić information content (AvgIpc) is 2.31. The van der Waals surface area contributed by atoms with E-state index in [1.54, 1.807) is 6.07 Å². The largest absolute Gasteiger partial charge is 0.377 e. The number of nitro benzene ring substituents is 1. The Kier molecular flexibility index (Phi) is 6.12. The van der Waals surface area contributed by atoms with Crippen molar-refractivity contribution in [3.63, 3.8) is 0 Å². The molecular weight excluding hydrogens is 296 g/mol. The van der Waals surface area contributed by atoms with Crippen LogP contribution in [0.3, 0.4) is 0 Å². The Morgan fingerprint density at radius 3 is 2.78 bits per heavy atom. The zero-order valence-corrected chi connectivity index (χ0v) is 12.4. The predicted molar refractivity (Wildman–Crippen MR) is 78.0 cm³/mol. The lowest BCUT2D eigenvalue weighted by Gasteiger charge is -2.15. The van der Waals surface area contributed by atoms with E-state index in [0.29, 0.717) is 5.69 Å². The minimum Gasteiger partial charge on any atom is -0.377 e. The second-order valence-electron chi connectivity index (χ2n) is 4.46. The Morgan fingerprint density at radius 1 is 1.44 bits per heavy atom. The summed E-state index contributed by atoms with van der Waals surface area (Å²) in [7, 11) is 0. The van der Waals surface area contributed by atoms with Crippen LogP contribution < -0.4 is 5.32 Å². The number of hydrogen-bond donors (Lipinski definition) is 1. The van der Waals surface area contributed by atoms with E-state index in [4.69, 9.17) is 0 Å². The maximum Gasteiger partial charge on any atom is 0.293 e. The third kappa shape index (κ3) is 4.64. The molecule has 1 aromatic carbocycles. The van der Waals surface area contributed by atoms with Gasteiger partial charge in [0.15, 0.2) is 0 Å². The number of halogens is 1. The smallest absolute Gasteiger partial charge is 0.293 e. The van der Waals surface area contributed by atoms with E-state index in [9.17, 15) is 10.1 Å². The van der Waals surface area contributed by atoms with Gasteiger partial charge in [-0.25, -0.2) is 0 Å². The molecule has 0 heterocycles. The first-order valence-electron chi connectivity index (χ1n) is 6.25. The molecule has 1 atom stereocenters. The number of rotatable bonds is 7. The molecule has 0 aliphatic carbocycles. The van der Waals surface area contributed by atoms with E-state index in [1.165, 1.54) is 18.9 Å². The van der Waals surface area contributed by atoms with Gasteiger partial charge in [0.05, 0.1) is 4.92 Å². The topological polar surface area (TPSA) is 55.2 Å². The molecule has 0 radical (unpaired) electrons. The van der Waals surface area contributed by atoms with Crippen molar-refractivity contribution in [1.29, 1.82) is 0 Å². The summed E-state index contributed by atoms with van der Waals surface area (Å²) >= 11 is 3.25. The van der Waals surface area contributed by atoms with Gasteiger partial charge < -0.3 is 5.32 Å². The Bertz CT molecular complexity index is 410. The standard InChI is InChI=1S/C13H19BrN2O2/c1-3-4-5-6-10(2)15-12-8-7-11(14)9-13(12)16(17)18/h7-10,15H,3-6H2,1-2H3. The lowest BCUT2D eigenvalue weighted by Crippen LogP contribution is -2.15. The summed E-state index contributed by atoms with van der Waals surface area (Å²) in [4.78, 5) is 10.6. The first-order valence-corrected chi connectivity index (χ1v) is 7.04. The molecule has 0 amide bonds. The molecule has 18 heavy (non-hydrogen) atoms. The molecule has 1 rings (SSSR count). The maximum atomic E-state index is 11.0. The first-order chi connectivity index (χ1) is 8.54. The van der Waals surface area contributed by atoms with E-state index >= 15 is 0 Å². The Morgan fingerprint density at radius 2 is 2.17 bits per heavy atom. The molecule has 0 saturated carbocycles.